The molecule has 8 nitrogen and oxygen atoms in total. The average Bonchev–Trinajstić information content (AvgIpc) is 3.50. The largest absolute Gasteiger partial charge is 0.464 e. The molecule has 3 aromatic rings. The number of furan rings is 1. The zero-order chi connectivity index (χ0) is 28.2. The van der Waals surface area contributed by atoms with Gasteiger partial charge in [-0.3, -0.25) is 4.79 Å². The summed E-state index contributed by atoms with van der Waals surface area (Å²) in [6.07, 6.45) is -4.65. The third-order valence-electron chi connectivity index (χ3n) is 5.98. The number of aryl methyl sites for hydroxylation is 1. The summed E-state index contributed by atoms with van der Waals surface area (Å²) in [5, 5.41) is 2.35. The van der Waals surface area contributed by atoms with Crippen LogP contribution in [0.25, 0.3) is 0 Å². The predicted octanol–water partition coefficient (Wildman–Crippen LogP) is 6.05. The molecule has 0 radical (unpaired) electrons. The first-order valence-electron chi connectivity index (χ1n) is 12.4. The van der Waals surface area contributed by atoms with Crippen LogP contribution in [-0.2, 0) is 24.1 Å². The molecule has 2 heterocycles. The molecule has 3 amide bonds. The van der Waals surface area contributed by atoms with Crippen molar-refractivity contribution in [2.75, 3.05) is 25.2 Å². The van der Waals surface area contributed by atoms with E-state index in [4.69, 9.17) is 13.9 Å². The van der Waals surface area contributed by atoms with E-state index in [9.17, 15) is 22.8 Å². The highest BCUT2D eigenvalue weighted by atomic mass is 19.4. The second kappa shape index (κ2) is 11.7. The van der Waals surface area contributed by atoms with Crippen molar-refractivity contribution in [3.63, 3.8) is 0 Å². The van der Waals surface area contributed by atoms with Crippen molar-refractivity contribution >= 4 is 17.6 Å². The number of carbonyl (C=O) groups is 2. The molecule has 1 aliphatic heterocycles. The molecule has 1 aromatic heterocycles. The Balaban J connectivity index is 1.55. The number of halogens is 3. The van der Waals surface area contributed by atoms with E-state index in [1.54, 1.807) is 31.2 Å². The fourth-order valence-corrected chi connectivity index (χ4v) is 4.21. The Labute approximate surface area is 224 Å². The van der Waals surface area contributed by atoms with Gasteiger partial charge in [0.25, 0.3) is 0 Å². The third-order valence-corrected chi connectivity index (χ3v) is 5.98. The van der Waals surface area contributed by atoms with Gasteiger partial charge in [-0.2, -0.15) is 13.2 Å². The van der Waals surface area contributed by atoms with Crippen LogP contribution in [0.2, 0.25) is 0 Å². The molecule has 0 bridgehead atoms. The number of benzene rings is 2. The third kappa shape index (κ3) is 7.24. The Morgan fingerprint density at radius 2 is 1.72 bits per heavy atom. The Morgan fingerprint density at radius 3 is 2.41 bits per heavy atom. The standard InChI is InChI=1S/C28H30F3N3O5/c1-18(2)13-34(27(36)32-23-7-5-4-6-22(23)28(29,30)31)16-26(35)33(15-21-10-8-19(3)39-21)14-20-9-11-24-25(12-20)38-17-37-24/h4-12,18H,13-17H2,1-3H3,(H,32,36). The minimum Gasteiger partial charge on any atom is -0.464 e. The predicted molar refractivity (Wildman–Crippen MR) is 137 cm³/mol. The van der Waals surface area contributed by atoms with Crippen LogP contribution in [0.15, 0.2) is 59.0 Å². The number of ether oxygens (including phenoxy) is 2. The topological polar surface area (TPSA) is 84.2 Å². The van der Waals surface area contributed by atoms with Gasteiger partial charge < -0.3 is 29.0 Å². The number of alkyl halides is 3. The van der Waals surface area contributed by atoms with Gasteiger partial charge in [0.1, 0.15) is 18.1 Å². The molecular formula is C28H30F3N3O5. The van der Waals surface area contributed by atoms with Gasteiger partial charge in [-0.1, -0.05) is 32.0 Å². The maximum absolute atomic E-state index is 13.6. The van der Waals surface area contributed by atoms with Gasteiger partial charge in [0.15, 0.2) is 11.5 Å². The van der Waals surface area contributed by atoms with Crippen LogP contribution in [-0.4, -0.2) is 41.6 Å². The Morgan fingerprint density at radius 1 is 0.974 bits per heavy atom. The average molecular weight is 546 g/mol. The number of carbonyl (C=O) groups excluding carboxylic acids is 2. The summed E-state index contributed by atoms with van der Waals surface area (Å²) in [6.45, 7) is 5.74. The van der Waals surface area contributed by atoms with Crippen molar-refractivity contribution in [2.45, 2.75) is 40.0 Å². The van der Waals surface area contributed by atoms with Crippen LogP contribution in [0.5, 0.6) is 11.5 Å². The molecule has 1 N–H and O–H groups in total. The Kier molecular flexibility index (Phi) is 8.37. The van der Waals surface area contributed by atoms with Gasteiger partial charge in [0, 0.05) is 13.1 Å². The van der Waals surface area contributed by atoms with Gasteiger partial charge in [0.05, 0.1) is 17.8 Å². The van der Waals surface area contributed by atoms with Crippen molar-refractivity contribution in [2.24, 2.45) is 5.92 Å². The first-order chi connectivity index (χ1) is 18.5. The Hall–Kier alpha value is -4.15. The fraction of sp³-hybridized carbons (Fsp3) is 0.357. The zero-order valence-electron chi connectivity index (χ0n) is 21.9. The van der Waals surface area contributed by atoms with Crippen LogP contribution in [0.4, 0.5) is 23.7 Å². The molecule has 11 heteroatoms. The molecule has 0 fully saturated rings. The van der Waals surface area contributed by atoms with Crippen LogP contribution in [0, 0.1) is 12.8 Å². The molecular weight excluding hydrogens is 515 g/mol. The maximum atomic E-state index is 13.6. The number of rotatable bonds is 9. The lowest BCUT2D eigenvalue weighted by molar-refractivity contribution is -0.137. The molecule has 2 aromatic carbocycles. The number of nitrogens with zero attached hydrogens (tertiary/aromatic N) is 2. The number of anilines is 1. The molecule has 208 valence electrons. The maximum Gasteiger partial charge on any atom is 0.418 e. The van der Waals surface area contributed by atoms with E-state index in [2.05, 4.69) is 5.32 Å². The summed E-state index contributed by atoms with van der Waals surface area (Å²) in [5.41, 5.74) is -0.568. The number of hydrogen-bond donors (Lipinski definition) is 1. The normalized spacial score (nSPS) is 12.5. The van der Waals surface area contributed by atoms with Gasteiger partial charge in [-0.05, 0) is 54.8 Å². The van der Waals surface area contributed by atoms with E-state index in [0.29, 0.717) is 23.0 Å². The van der Waals surface area contributed by atoms with Crippen molar-refractivity contribution < 1.29 is 36.7 Å². The van der Waals surface area contributed by atoms with Crippen molar-refractivity contribution in [3.8, 4) is 11.5 Å². The molecule has 39 heavy (non-hydrogen) atoms. The summed E-state index contributed by atoms with van der Waals surface area (Å²) in [5.74, 6) is 1.97. The van der Waals surface area contributed by atoms with E-state index in [0.717, 1.165) is 11.6 Å². The molecule has 0 saturated heterocycles. The first kappa shape index (κ1) is 27.9. The molecule has 1 aliphatic rings. The molecule has 0 unspecified atom stereocenters. The van der Waals surface area contributed by atoms with Crippen LogP contribution in [0.3, 0.4) is 0 Å². The van der Waals surface area contributed by atoms with Crippen molar-refractivity contribution in [1.29, 1.82) is 0 Å². The van der Waals surface area contributed by atoms with Gasteiger partial charge in [-0.15, -0.1) is 0 Å². The summed E-state index contributed by atoms with van der Waals surface area (Å²) >= 11 is 0. The van der Waals surface area contributed by atoms with Crippen molar-refractivity contribution in [1.82, 2.24) is 9.80 Å². The highest BCUT2D eigenvalue weighted by Gasteiger charge is 2.34. The summed E-state index contributed by atoms with van der Waals surface area (Å²) in [6, 6.07) is 12.8. The summed E-state index contributed by atoms with van der Waals surface area (Å²) in [7, 11) is 0. The van der Waals surface area contributed by atoms with Crippen molar-refractivity contribution in [3.05, 3.63) is 77.2 Å². The highest BCUT2D eigenvalue weighted by molar-refractivity contribution is 5.93. The molecule has 0 saturated carbocycles. The number of fused-ring (bicyclic) bond motifs is 1. The highest BCUT2D eigenvalue weighted by Crippen LogP contribution is 2.35. The van der Waals surface area contributed by atoms with Gasteiger partial charge >= 0.3 is 12.2 Å². The molecule has 0 spiro atoms. The summed E-state index contributed by atoms with van der Waals surface area (Å²) in [4.78, 5) is 29.5. The van der Waals surface area contributed by atoms with E-state index in [-0.39, 0.29) is 44.6 Å². The van der Waals surface area contributed by atoms with Crippen LogP contribution >= 0.6 is 0 Å². The lowest BCUT2D eigenvalue weighted by atomic mass is 10.1. The van der Waals surface area contributed by atoms with Crippen LogP contribution < -0.4 is 14.8 Å². The summed E-state index contributed by atoms with van der Waals surface area (Å²) < 4.78 is 56.9. The monoisotopic (exact) mass is 545 g/mol. The van der Waals surface area contributed by atoms with E-state index < -0.39 is 23.7 Å². The van der Waals surface area contributed by atoms with E-state index >= 15 is 0 Å². The lowest BCUT2D eigenvalue weighted by Crippen LogP contribution is -2.45. The molecule has 0 aliphatic carbocycles. The minimum atomic E-state index is -4.65. The lowest BCUT2D eigenvalue weighted by Gasteiger charge is -2.29. The Bertz CT molecular complexity index is 1320. The van der Waals surface area contributed by atoms with E-state index in [1.165, 1.54) is 28.0 Å². The smallest absolute Gasteiger partial charge is 0.418 e. The fourth-order valence-electron chi connectivity index (χ4n) is 4.21. The second-order valence-corrected chi connectivity index (χ2v) is 9.70. The minimum absolute atomic E-state index is 0.0450. The van der Waals surface area contributed by atoms with E-state index in [1.807, 2.05) is 19.9 Å². The number of urea groups is 1. The molecule has 0 atom stereocenters. The van der Waals surface area contributed by atoms with Crippen LogP contribution in [0.1, 0.15) is 36.5 Å². The SMILES string of the molecule is Cc1ccc(CN(Cc2ccc3c(c2)OCO3)C(=O)CN(CC(C)C)C(=O)Nc2ccccc2C(F)(F)F)o1. The quantitative estimate of drug-likeness (QED) is 0.354. The molecule has 4 rings (SSSR count). The number of para-hydroxylation sites is 1. The number of amides is 3. The van der Waals surface area contributed by atoms with Gasteiger partial charge in [-0.25, -0.2) is 4.79 Å². The second-order valence-electron chi connectivity index (χ2n) is 9.70. The number of hydrogen-bond acceptors (Lipinski definition) is 5. The van der Waals surface area contributed by atoms with Gasteiger partial charge in [0.2, 0.25) is 12.7 Å². The first-order valence-corrected chi connectivity index (χ1v) is 12.4. The zero-order valence-corrected chi connectivity index (χ0v) is 21.9. The number of nitrogens with one attached hydrogen (secondary N) is 1.